The second-order valence-electron chi connectivity index (χ2n) is 7.96. The summed E-state index contributed by atoms with van der Waals surface area (Å²) >= 11 is 0. The summed E-state index contributed by atoms with van der Waals surface area (Å²) in [7, 11) is 0. The fraction of sp³-hybridized carbons (Fsp3) is 0.619. The van der Waals surface area contributed by atoms with Crippen LogP contribution in [0.1, 0.15) is 49.6 Å². The van der Waals surface area contributed by atoms with Crippen LogP contribution < -0.4 is 5.32 Å². The number of furan rings is 1. The second kappa shape index (κ2) is 7.50. The Morgan fingerprint density at radius 2 is 2.33 bits per heavy atom. The molecule has 27 heavy (non-hydrogen) atoms. The van der Waals surface area contributed by atoms with Gasteiger partial charge >= 0.3 is 0 Å². The third kappa shape index (κ3) is 3.43. The molecule has 0 unspecified atom stereocenters. The van der Waals surface area contributed by atoms with E-state index in [-0.39, 0.29) is 29.4 Å². The van der Waals surface area contributed by atoms with Crippen molar-refractivity contribution in [1.82, 2.24) is 10.2 Å². The van der Waals surface area contributed by atoms with Gasteiger partial charge in [-0.25, -0.2) is 0 Å². The lowest BCUT2D eigenvalue weighted by molar-refractivity contribution is -0.121. The zero-order valence-electron chi connectivity index (χ0n) is 15.9. The molecule has 6 nitrogen and oxygen atoms in total. The molecular weight excluding hydrogens is 344 g/mol. The van der Waals surface area contributed by atoms with E-state index in [1.807, 2.05) is 17.9 Å². The molecule has 0 aliphatic carbocycles. The van der Waals surface area contributed by atoms with Gasteiger partial charge in [-0.2, -0.15) is 0 Å². The maximum absolute atomic E-state index is 12.7. The van der Waals surface area contributed by atoms with Gasteiger partial charge in [0.1, 0.15) is 0 Å². The maximum Gasteiger partial charge on any atom is 0.289 e. The van der Waals surface area contributed by atoms with Crippen molar-refractivity contribution in [3.63, 3.8) is 0 Å². The van der Waals surface area contributed by atoms with Crippen LogP contribution in [0.2, 0.25) is 0 Å². The van der Waals surface area contributed by atoms with Crippen LogP contribution in [0.4, 0.5) is 0 Å². The molecule has 3 fully saturated rings. The van der Waals surface area contributed by atoms with Gasteiger partial charge in [-0.3, -0.25) is 9.59 Å². The molecule has 1 N–H and O–H groups in total. The monoisotopic (exact) mass is 372 g/mol. The summed E-state index contributed by atoms with van der Waals surface area (Å²) in [5.41, 5.74) is -0.228. The molecule has 1 spiro atoms. The minimum absolute atomic E-state index is 0.0670. The lowest BCUT2D eigenvalue weighted by Crippen LogP contribution is -2.41. The van der Waals surface area contributed by atoms with Crippen molar-refractivity contribution in [3.8, 4) is 0 Å². The number of ether oxygens (including phenoxy) is 1. The van der Waals surface area contributed by atoms with E-state index in [1.54, 1.807) is 12.1 Å². The Hall–Kier alpha value is -2.08. The number of hydrogen-bond acceptors (Lipinski definition) is 4. The van der Waals surface area contributed by atoms with Crippen LogP contribution in [0.3, 0.4) is 0 Å². The van der Waals surface area contributed by atoms with E-state index in [0.29, 0.717) is 37.7 Å². The van der Waals surface area contributed by atoms with Crippen LogP contribution in [0.25, 0.3) is 0 Å². The molecule has 3 saturated heterocycles. The summed E-state index contributed by atoms with van der Waals surface area (Å²) in [5.74, 6) is 0.999. The van der Waals surface area contributed by atoms with Gasteiger partial charge in [-0.15, -0.1) is 0 Å². The highest BCUT2D eigenvalue weighted by atomic mass is 16.5. The minimum atomic E-state index is -0.228. The number of likely N-dealkylation sites (tertiary alicyclic amines) is 1. The maximum atomic E-state index is 12.7. The van der Waals surface area contributed by atoms with E-state index >= 15 is 0 Å². The summed E-state index contributed by atoms with van der Waals surface area (Å²) in [6.07, 6.45) is 10.2. The molecule has 4 rings (SSSR count). The largest absolute Gasteiger partial charge is 0.459 e. The third-order valence-electron chi connectivity index (χ3n) is 6.35. The molecule has 0 radical (unpaired) electrons. The molecule has 2 bridgehead atoms. The molecule has 0 aromatic carbocycles. The first kappa shape index (κ1) is 18.3. The van der Waals surface area contributed by atoms with E-state index < -0.39 is 0 Å². The van der Waals surface area contributed by atoms with Gasteiger partial charge in [0, 0.05) is 31.3 Å². The minimum Gasteiger partial charge on any atom is -0.459 e. The number of unbranched alkanes of at least 4 members (excludes halogenated alkanes) is 1. The number of nitrogens with zero attached hydrogens (tertiary/aromatic N) is 1. The molecule has 4 atom stereocenters. The number of amides is 2. The van der Waals surface area contributed by atoms with Gasteiger partial charge in [-0.05, 0) is 44.7 Å². The summed E-state index contributed by atoms with van der Waals surface area (Å²) in [6, 6.07) is 3.44. The lowest BCUT2D eigenvalue weighted by atomic mass is 9.73. The molecular formula is C21H28N2O4. The fourth-order valence-electron chi connectivity index (χ4n) is 5.04. The highest BCUT2D eigenvalue weighted by Crippen LogP contribution is 2.54. The van der Waals surface area contributed by atoms with E-state index in [0.717, 1.165) is 25.7 Å². The van der Waals surface area contributed by atoms with Crippen LogP contribution in [-0.4, -0.2) is 48.1 Å². The number of fused-ring (bicyclic) bond motifs is 1. The molecule has 146 valence electrons. The van der Waals surface area contributed by atoms with Crippen LogP contribution >= 0.6 is 0 Å². The predicted molar refractivity (Wildman–Crippen MR) is 100 cm³/mol. The van der Waals surface area contributed by atoms with Crippen LogP contribution in [0, 0.1) is 11.8 Å². The van der Waals surface area contributed by atoms with Crippen molar-refractivity contribution >= 4 is 11.8 Å². The SMILES string of the molecule is C/C=C/CCCC(=O)NC[C@H]1[C@H]2CN(C(=O)c3ccco3)C[C@]23CC[C@H]1O3. The van der Waals surface area contributed by atoms with Gasteiger partial charge in [0.05, 0.1) is 24.5 Å². The molecule has 1 aromatic rings. The van der Waals surface area contributed by atoms with E-state index in [4.69, 9.17) is 9.15 Å². The number of carbonyl (C=O) groups is 2. The summed E-state index contributed by atoms with van der Waals surface area (Å²) in [6.45, 7) is 3.94. The standard InChI is InChI=1S/C21H28N2O4/c1-2-3-4-5-8-19(24)22-12-15-16-13-23(20(25)18-7-6-11-26-18)14-21(16)10-9-17(15)27-21/h2-3,6-7,11,15-17H,4-5,8-10,12-14H2,1H3,(H,22,24)/b3-2+/t15-,16+,17+,21+/m0/s1. The number of carbonyl (C=O) groups excluding carboxylic acids is 2. The van der Waals surface area contributed by atoms with Crippen LogP contribution in [-0.2, 0) is 9.53 Å². The first-order valence-corrected chi connectivity index (χ1v) is 10.0. The quantitative estimate of drug-likeness (QED) is 0.590. The Bertz CT molecular complexity index is 714. The van der Waals surface area contributed by atoms with Gasteiger partial charge < -0.3 is 19.4 Å². The van der Waals surface area contributed by atoms with Gasteiger partial charge in [0.25, 0.3) is 5.91 Å². The summed E-state index contributed by atoms with van der Waals surface area (Å²) < 4.78 is 11.6. The molecule has 2 amide bonds. The van der Waals surface area contributed by atoms with Crippen molar-refractivity contribution < 1.29 is 18.7 Å². The Balaban J connectivity index is 1.34. The van der Waals surface area contributed by atoms with Crippen molar-refractivity contribution in [2.24, 2.45) is 11.8 Å². The summed E-state index contributed by atoms with van der Waals surface area (Å²) in [5, 5.41) is 3.10. The van der Waals surface area contributed by atoms with Crippen molar-refractivity contribution in [3.05, 3.63) is 36.3 Å². The normalized spacial score (nSPS) is 31.6. The molecule has 1 aromatic heterocycles. The van der Waals surface area contributed by atoms with E-state index in [1.165, 1.54) is 6.26 Å². The van der Waals surface area contributed by atoms with Gasteiger partial charge in [0.15, 0.2) is 5.76 Å². The highest BCUT2D eigenvalue weighted by molar-refractivity contribution is 5.91. The smallest absolute Gasteiger partial charge is 0.289 e. The number of rotatable bonds is 7. The number of nitrogens with one attached hydrogen (secondary N) is 1. The number of allylic oxidation sites excluding steroid dienone is 2. The Labute approximate surface area is 159 Å². The fourth-order valence-corrected chi connectivity index (χ4v) is 5.04. The summed E-state index contributed by atoms with van der Waals surface area (Å²) in [4.78, 5) is 26.6. The number of hydrogen-bond donors (Lipinski definition) is 1. The third-order valence-corrected chi connectivity index (χ3v) is 6.35. The topological polar surface area (TPSA) is 71.8 Å². The molecule has 3 aliphatic heterocycles. The highest BCUT2D eigenvalue weighted by Gasteiger charge is 2.63. The lowest BCUT2D eigenvalue weighted by Gasteiger charge is -2.29. The average molecular weight is 372 g/mol. The Morgan fingerprint density at radius 1 is 1.44 bits per heavy atom. The Morgan fingerprint density at radius 3 is 3.11 bits per heavy atom. The van der Waals surface area contributed by atoms with Crippen molar-refractivity contribution in [1.29, 1.82) is 0 Å². The second-order valence-corrected chi connectivity index (χ2v) is 7.96. The molecule has 6 heteroatoms. The zero-order valence-corrected chi connectivity index (χ0v) is 15.9. The molecule has 3 aliphatic rings. The van der Waals surface area contributed by atoms with Gasteiger partial charge in [0.2, 0.25) is 5.91 Å². The van der Waals surface area contributed by atoms with Crippen molar-refractivity contribution in [2.75, 3.05) is 19.6 Å². The van der Waals surface area contributed by atoms with E-state index in [9.17, 15) is 9.59 Å². The van der Waals surface area contributed by atoms with E-state index in [2.05, 4.69) is 11.4 Å². The van der Waals surface area contributed by atoms with Crippen LogP contribution in [0.15, 0.2) is 35.0 Å². The average Bonchev–Trinajstić information content (AvgIpc) is 3.43. The first-order valence-electron chi connectivity index (χ1n) is 10.0. The molecule has 4 heterocycles. The van der Waals surface area contributed by atoms with Crippen molar-refractivity contribution in [2.45, 2.75) is 50.7 Å². The van der Waals surface area contributed by atoms with Crippen LogP contribution in [0.5, 0.6) is 0 Å². The Kier molecular flexibility index (Phi) is 5.08. The van der Waals surface area contributed by atoms with Gasteiger partial charge in [-0.1, -0.05) is 12.2 Å². The zero-order chi connectivity index (χ0) is 18.9. The molecule has 0 saturated carbocycles. The first-order chi connectivity index (χ1) is 13.1. The predicted octanol–water partition coefficient (Wildman–Crippen LogP) is 2.76.